The van der Waals surface area contributed by atoms with E-state index >= 15 is 0 Å². The fraction of sp³-hybridized carbons (Fsp3) is 0.250. The van der Waals surface area contributed by atoms with Crippen molar-refractivity contribution in [3.05, 3.63) is 69.6 Å². The third-order valence-corrected chi connectivity index (χ3v) is 5.56. The molecule has 3 heterocycles. The van der Waals surface area contributed by atoms with E-state index in [2.05, 4.69) is 25.9 Å². The fourth-order valence-corrected chi connectivity index (χ4v) is 4.12. The molecule has 2 aromatic heterocycles. The Morgan fingerprint density at radius 2 is 1.89 bits per heavy atom. The Morgan fingerprint density at radius 3 is 2.59 bits per heavy atom. The van der Waals surface area contributed by atoms with Crippen molar-refractivity contribution in [2.45, 2.75) is 24.7 Å². The molecule has 0 fully saturated rings. The molecular formula is C20H18Cl2N4S. The minimum atomic E-state index is 0.613. The molecule has 0 amide bonds. The van der Waals surface area contributed by atoms with Crippen molar-refractivity contribution in [3.63, 3.8) is 0 Å². The normalized spacial score (nSPS) is 14.2. The van der Waals surface area contributed by atoms with Gasteiger partial charge in [0.1, 0.15) is 0 Å². The van der Waals surface area contributed by atoms with Gasteiger partial charge in [0.2, 0.25) is 0 Å². The van der Waals surface area contributed by atoms with Crippen LogP contribution in [0.3, 0.4) is 0 Å². The lowest BCUT2D eigenvalue weighted by Crippen LogP contribution is -2.31. The van der Waals surface area contributed by atoms with Gasteiger partial charge < -0.3 is 0 Å². The molecule has 1 aliphatic heterocycles. The quantitative estimate of drug-likeness (QED) is 0.435. The summed E-state index contributed by atoms with van der Waals surface area (Å²) in [5, 5.41) is 2.08. The Labute approximate surface area is 173 Å². The second-order valence-corrected chi connectivity index (χ2v) is 8.15. The van der Waals surface area contributed by atoms with Gasteiger partial charge in [-0.15, -0.1) is 0 Å². The summed E-state index contributed by atoms with van der Waals surface area (Å²) in [6.07, 6.45) is 6.85. The Hall–Kier alpha value is -1.66. The van der Waals surface area contributed by atoms with Gasteiger partial charge in [0.15, 0.2) is 5.16 Å². The van der Waals surface area contributed by atoms with Crippen molar-refractivity contribution < 1.29 is 0 Å². The molecule has 4 nitrogen and oxygen atoms in total. The zero-order chi connectivity index (χ0) is 18.8. The van der Waals surface area contributed by atoms with Crippen LogP contribution in [0, 0.1) is 0 Å². The largest absolute Gasteiger partial charge is 0.294 e. The summed E-state index contributed by atoms with van der Waals surface area (Å²) in [5.74, 6) is 0. The molecule has 3 aromatic rings. The molecule has 0 saturated heterocycles. The third kappa shape index (κ3) is 4.43. The van der Waals surface area contributed by atoms with E-state index in [0.717, 1.165) is 42.5 Å². The lowest BCUT2D eigenvalue weighted by atomic mass is 10.1. The van der Waals surface area contributed by atoms with Crippen molar-refractivity contribution >= 4 is 35.0 Å². The Balaban J connectivity index is 1.46. The lowest BCUT2D eigenvalue weighted by molar-refractivity contribution is 0.242. The Morgan fingerprint density at radius 1 is 1.07 bits per heavy atom. The van der Waals surface area contributed by atoms with E-state index in [1.165, 1.54) is 16.8 Å². The number of halogens is 2. The first kappa shape index (κ1) is 18.7. The molecule has 7 heteroatoms. The van der Waals surface area contributed by atoms with Crippen molar-refractivity contribution in [1.29, 1.82) is 0 Å². The maximum absolute atomic E-state index is 6.09. The monoisotopic (exact) mass is 416 g/mol. The van der Waals surface area contributed by atoms with Crippen LogP contribution in [0.15, 0.2) is 47.9 Å². The first-order chi connectivity index (χ1) is 13.1. The van der Waals surface area contributed by atoms with Crippen LogP contribution in [0.5, 0.6) is 0 Å². The van der Waals surface area contributed by atoms with Gasteiger partial charge in [0, 0.05) is 59.6 Å². The molecule has 0 spiro atoms. The molecule has 4 rings (SSSR count). The predicted molar refractivity (Wildman–Crippen MR) is 111 cm³/mol. The van der Waals surface area contributed by atoms with E-state index in [9.17, 15) is 0 Å². The molecule has 0 bridgehead atoms. The summed E-state index contributed by atoms with van der Waals surface area (Å²) in [7, 11) is 0. The zero-order valence-corrected chi connectivity index (χ0v) is 17.2. The highest BCUT2D eigenvalue weighted by Gasteiger charge is 2.18. The number of hydrogen-bond acceptors (Lipinski definition) is 5. The first-order valence-electron chi connectivity index (χ1n) is 8.63. The Bertz CT molecular complexity index is 942. The number of rotatable bonds is 4. The van der Waals surface area contributed by atoms with Crippen LogP contribution in [0.25, 0.3) is 11.3 Å². The highest BCUT2D eigenvalue weighted by Crippen LogP contribution is 2.26. The maximum atomic E-state index is 6.09. The van der Waals surface area contributed by atoms with Crippen molar-refractivity contribution in [2.75, 3.05) is 12.8 Å². The number of benzene rings is 1. The van der Waals surface area contributed by atoms with Crippen LogP contribution in [-0.2, 0) is 19.5 Å². The van der Waals surface area contributed by atoms with E-state index in [4.69, 9.17) is 23.2 Å². The van der Waals surface area contributed by atoms with Crippen molar-refractivity contribution in [3.8, 4) is 11.3 Å². The minimum absolute atomic E-state index is 0.613. The molecule has 0 saturated carbocycles. The highest BCUT2D eigenvalue weighted by molar-refractivity contribution is 7.98. The second-order valence-electron chi connectivity index (χ2n) is 6.50. The van der Waals surface area contributed by atoms with Gasteiger partial charge in [-0.25, -0.2) is 9.97 Å². The average Bonchev–Trinajstić information content (AvgIpc) is 2.67. The van der Waals surface area contributed by atoms with E-state index in [1.807, 2.05) is 36.8 Å². The summed E-state index contributed by atoms with van der Waals surface area (Å²) in [6.45, 7) is 2.71. The van der Waals surface area contributed by atoms with Crippen LogP contribution >= 0.6 is 35.0 Å². The molecule has 27 heavy (non-hydrogen) atoms. The maximum Gasteiger partial charge on any atom is 0.187 e. The van der Waals surface area contributed by atoms with Gasteiger partial charge in [-0.1, -0.05) is 41.0 Å². The Kier molecular flexibility index (Phi) is 5.64. The van der Waals surface area contributed by atoms with E-state index in [0.29, 0.717) is 10.0 Å². The number of nitrogens with zero attached hydrogens (tertiary/aromatic N) is 4. The topological polar surface area (TPSA) is 41.9 Å². The SMILES string of the molecule is CSc1ncc2c(n1)CCN(Cc1ccc(-c3cc(Cl)cc(Cl)c3)nc1)C2. The van der Waals surface area contributed by atoms with E-state index < -0.39 is 0 Å². The van der Waals surface area contributed by atoms with Gasteiger partial charge >= 0.3 is 0 Å². The molecule has 0 atom stereocenters. The molecule has 0 unspecified atom stereocenters. The standard InChI is InChI=1S/C20H18Cl2N4S/c1-27-20-24-10-15-12-26(5-4-19(15)25-20)11-13-2-3-18(23-9-13)14-6-16(21)8-17(22)7-14/h2-3,6-10H,4-5,11-12H2,1H3. The van der Waals surface area contributed by atoms with Gasteiger partial charge in [-0.2, -0.15) is 0 Å². The fourth-order valence-electron chi connectivity index (χ4n) is 3.24. The van der Waals surface area contributed by atoms with Crippen molar-refractivity contribution in [2.24, 2.45) is 0 Å². The summed E-state index contributed by atoms with van der Waals surface area (Å²) in [5.41, 5.74) is 5.36. The third-order valence-electron chi connectivity index (χ3n) is 4.56. The van der Waals surface area contributed by atoms with Crippen LogP contribution in [0.2, 0.25) is 10.0 Å². The average molecular weight is 417 g/mol. The molecule has 0 radical (unpaired) electrons. The highest BCUT2D eigenvalue weighted by atomic mass is 35.5. The van der Waals surface area contributed by atoms with Crippen LogP contribution < -0.4 is 0 Å². The van der Waals surface area contributed by atoms with Gasteiger partial charge in [0.05, 0.1) is 11.4 Å². The van der Waals surface area contributed by atoms with Crippen LogP contribution in [0.1, 0.15) is 16.8 Å². The minimum Gasteiger partial charge on any atom is -0.294 e. The van der Waals surface area contributed by atoms with Crippen LogP contribution in [0.4, 0.5) is 0 Å². The zero-order valence-electron chi connectivity index (χ0n) is 14.8. The van der Waals surface area contributed by atoms with E-state index in [-0.39, 0.29) is 0 Å². The predicted octanol–water partition coefficient (Wildman–Crippen LogP) is 5.13. The summed E-state index contributed by atoms with van der Waals surface area (Å²) < 4.78 is 0. The summed E-state index contributed by atoms with van der Waals surface area (Å²) >= 11 is 13.8. The van der Waals surface area contributed by atoms with Crippen molar-refractivity contribution in [1.82, 2.24) is 19.9 Å². The number of pyridine rings is 1. The first-order valence-corrected chi connectivity index (χ1v) is 10.6. The smallest absolute Gasteiger partial charge is 0.187 e. The number of fused-ring (bicyclic) bond motifs is 1. The number of hydrogen-bond donors (Lipinski definition) is 0. The summed E-state index contributed by atoms with van der Waals surface area (Å²) in [6, 6.07) is 9.60. The molecule has 1 aliphatic rings. The molecule has 0 aliphatic carbocycles. The van der Waals surface area contributed by atoms with Gasteiger partial charge in [-0.3, -0.25) is 9.88 Å². The van der Waals surface area contributed by atoms with Crippen LogP contribution in [-0.4, -0.2) is 32.7 Å². The molecule has 0 N–H and O–H groups in total. The number of aromatic nitrogens is 3. The second kappa shape index (κ2) is 8.15. The number of thioether (sulfide) groups is 1. The van der Waals surface area contributed by atoms with Gasteiger partial charge in [0.25, 0.3) is 0 Å². The van der Waals surface area contributed by atoms with Gasteiger partial charge in [-0.05, 0) is 36.1 Å². The lowest BCUT2D eigenvalue weighted by Gasteiger charge is -2.27. The molecule has 1 aromatic carbocycles. The molecule has 138 valence electrons. The molecular weight excluding hydrogens is 399 g/mol. The summed E-state index contributed by atoms with van der Waals surface area (Å²) in [4.78, 5) is 16.0. The van der Waals surface area contributed by atoms with E-state index in [1.54, 1.807) is 17.8 Å².